The Morgan fingerprint density at radius 1 is 1.06 bits per heavy atom. The number of carbonyl (C=O) groups is 1. The predicted octanol–water partition coefficient (Wildman–Crippen LogP) is 3.06. The number of amides is 1. The van der Waals surface area contributed by atoms with Gasteiger partial charge in [0.05, 0.1) is 22.7 Å². The third-order valence-corrected chi connectivity index (χ3v) is 6.88. The maximum atomic E-state index is 13.3. The number of carbonyl (C=O) groups excluding carboxylic acids is 1. The van der Waals surface area contributed by atoms with E-state index in [-0.39, 0.29) is 16.9 Å². The second kappa shape index (κ2) is 10.2. The van der Waals surface area contributed by atoms with Gasteiger partial charge in [-0.1, -0.05) is 42.5 Å². The molecule has 0 radical (unpaired) electrons. The summed E-state index contributed by atoms with van der Waals surface area (Å²) in [4.78, 5) is 24.9. The van der Waals surface area contributed by atoms with Gasteiger partial charge in [-0.3, -0.25) is 9.36 Å². The number of rotatable bonds is 9. The number of nitrogens with one attached hydrogen (secondary N) is 2. The van der Waals surface area contributed by atoms with Gasteiger partial charge in [0.1, 0.15) is 11.8 Å². The number of aromatic nitrogens is 1. The number of ether oxygens (including phenoxy) is 1. The lowest BCUT2D eigenvalue weighted by molar-refractivity contribution is -0.117. The number of anilines is 1. The number of oxazole rings is 1. The number of hydrogen-bond acceptors (Lipinski definition) is 6. The van der Waals surface area contributed by atoms with Crippen molar-refractivity contribution in [1.29, 1.82) is 0 Å². The van der Waals surface area contributed by atoms with Crippen LogP contribution in [0.4, 0.5) is 5.69 Å². The first-order chi connectivity index (χ1) is 16.8. The van der Waals surface area contributed by atoms with Crippen LogP contribution in [0.2, 0.25) is 0 Å². The number of hydrogen-bond donors (Lipinski definition) is 2. The van der Waals surface area contributed by atoms with Gasteiger partial charge in [-0.05, 0) is 43.2 Å². The maximum Gasteiger partial charge on any atom is 0.419 e. The fourth-order valence-corrected chi connectivity index (χ4v) is 4.86. The number of benzene rings is 3. The Balaban J connectivity index is 1.64. The topological polar surface area (TPSA) is 120 Å². The molecular formula is C25H25N3O6S. The molecule has 0 aliphatic heterocycles. The Morgan fingerprint density at radius 3 is 2.51 bits per heavy atom. The molecule has 35 heavy (non-hydrogen) atoms. The number of sulfonamides is 1. The summed E-state index contributed by atoms with van der Waals surface area (Å²) in [6.07, 6.45) is 0.116. The van der Waals surface area contributed by atoms with Crippen molar-refractivity contribution in [2.45, 2.75) is 24.3 Å². The number of aryl methyl sites for hydroxylation is 1. The molecule has 1 amide bonds. The SMILES string of the molecule is CCOc1ccccc1NC(=O)C(Cc1ccccc1)NS(=O)(=O)c1ccc2c(c1)oc(=O)n2C. The third-order valence-electron chi connectivity index (χ3n) is 5.42. The first-order valence-corrected chi connectivity index (χ1v) is 12.5. The van der Waals surface area contributed by atoms with Gasteiger partial charge in [0, 0.05) is 13.1 Å². The van der Waals surface area contributed by atoms with Crippen molar-refractivity contribution in [3.63, 3.8) is 0 Å². The third kappa shape index (κ3) is 5.44. The summed E-state index contributed by atoms with van der Waals surface area (Å²) >= 11 is 0. The molecule has 182 valence electrons. The quantitative estimate of drug-likeness (QED) is 0.368. The Bertz CT molecular complexity index is 1510. The van der Waals surface area contributed by atoms with Gasteiger partial charge in [0.2, 0.25) is 15.9 Å². The van der Waals surface area contributed by atoms with Crippen molar-refractivity contribution in [2.75, 3.05) is 11.9 Å². The van der Waals surface area contributed by atoms with Crippen LogP contribution in [-0.4, -0.2) is 31.5 Å². The molecule has 1 atom stereocenters. The Hall–Kier alpha value is -3.89. The average Bonchev–Trinajstić information content (AvgIpc) is 3.13. The van der Waals surface area contributed by atoms with E-state index in [9.17, 15) is 18.0 Å². The highest BCUT2D eigenvalue weighted by Crippen LogP contribution is 2.24. The van der Waals surface area contributed by atoms with Gasteiger partial charge in [-0.2, -0.15) is 4.72 Å². The average molecular weight is 496 g/mol. The molecular weight excluding hydrogens is 470 g/mol. The van der Waals surface area contributed by atoms with E-state index in [1.54, 1.807) is 24.3 Å². The van der Waals surface area contributed by atoms with Crippen LogP contribution in [-0.2, 0) is 28.3 Å². The van der Waals surface area contributed by atoms with Crippen LogP contribution in [0.5, 0.6) is 5.75 Å². The first kappa shape index (κ1) is 24.2. The molecule has 0 saturated carbocycles. The van der Waals surface area contributed by atoms with E-state index in [0.717, 1.165) is 5.56 Å². The standard InChI is InChI=1S/C25H25N3O6S/c1-3-33-22-12-8-7-11-19(22)26-24(29)20(15-17-9-5-4-6-10-17)27-35(31,32)18-13-14-21-23(16-18)34-25(30)28(21)2/h4-14,16,20,27H,3,15H2,1-2H3,(H,26,29). The lowest BCUT2D eigenvalue weighted by Crippen LogP contribution is -2.45. The van der Waals surface area contributed by atoms with Gasteiger partial charge in [-0.25, -0.2) is 13.2 Å². The highest BCUT2D eigenvalue weighted by Gasteiger charge is 2.27. The van der Waals surface area contributed by atoms with Crippen LogP contribution < -0.4 is 20.5 Å². The van der Waals surface area contributed by atoms with Crippen molar-refractivity contribution in [3.05, 3.63) is 88.9 Å². The highest BCUT2D eigenvalue weighted by molar-refractivity contribution is 7.89. The highest BCUT2D eigenvalue weighted by atomic mass is 32.2. The monoisotopic (exact) mass is 495 g/mol. The van der Waals surface area contributed by atoms with Gasteiger partial charge < -0.3 is 14.5 Å². The number of para-hydroxylation sites is 2. The molecule has 0 fully saturated rings. The zero-order chi connectivity index (χ0) is 25.0. The summed E-state index contributed by atoms with van der Waals surface area (Å²) < 4.78 is 41.0. The van der Waals surface area contributed by atoms with Gasteiger partial charge in [-0.15, -0.1) is 0 Å². The van der Waals surface area contributed by atoms with E-state index >= 15 is 0 Å². The lowest BCUT2D eigenvalue weighted by atomic mass is 10.1. The largest absolute Gasteiger partial charge is 0.492 e. The Labute approximate surface area is 202 Å². The predicted molar refractivity (Wildman–Crippen MR) is 132 cm³/mol. The van der Waals surface area contributed by atoms with Gasteiger partial charge >= 0.3 is 5.76 Å². The summed E-state index contributed by atoms with van der Waals surface area (Å²) in [5.74, 6) is -0.664. The fourth-order valence-electron chi connectivity index (χ4n) is 3.65. The molecule has 0 saturated heterocycles. The van der Waals surface area contributed by atoms with E-state index in [4.69, 9.17) is 9.15 Å². The Kier molecular flexibility index (Phi) is 7.04. The molecule has 1 unspecified atom stereocenters. The summed E-state index contributed by atoms with van der Waals surface area (Å²) in [6, 6.07) is 19.0. The summed E-state index contributed by atoms with van der Waals surface area (Å²) in [5.41, 5.74) is 1.80. The van der Waals surface area contributed by atoms with Crippen molar-refractivity contribution in [3.8, 4) is 5.75 Å². The molecule has 0 spiro atoms. The van der Waals surface area contributed by atoms with E-state index in [1.807, 2.05) is 37.3 Å². The Morgan fingerprint density at radius 2 is 1.77 bits per heavy atom. The van der Waals surface area contributed by atoms with E-state index in [1.165, 1.54) is 29.8 Å². The van der Waals surface area contributed by atoms with Crippen LogP contribution in [0.3, 0.4) is 0 Å². The van der Waals surface area contributed by atoms with Crippen molar-refractivity contribution in [1.82, 2.24) is 9.29 Å². The number of nitrogens with zero attached hydrogens (tertiary/aromatic N) is 1. The molecule has 3 aromatic carbocycles. The minimum Gasteiger partial charge on any atom is -0.492 e. The zero-order valence-corrected chi connectivity index (χ0v) is 20.0. The molecule has 0 bridgehead atoms. The van der Waals surface area contributed by atoms with Crippen molar-refractivity contribution in [2.24, 2.45) is 7.05 Å². The number of fused-ring (bicyclic) bond motifs is 1. The van der Waals surface area contributed by atoms with Crippen LogP contribution >= 0.6 is 0 Å². The molecule has 4 aromatic rings. The summed E-state index contributed by atoms with van der Waals surface area (Å²) in [7, 11) is -2.62. The van der Waals surface area contributed by atoms with Crippen molar-refractivity contribution >= 4 is 32.7 Å². The molecule has 1 aromatic heterocycles. The molecule has 1 heterocycles. The van der Waals surface area contributed by atoms with E-state index in [2.05, 4.69) is 10.0 Å². The van der Waals surface area contributed by atoms with Crippen LogP contribution in [0, 0.1) is 0 Å². The molecule has 0 aliphatic rings. The molecule has 9 nitrogen and oxygen atoms in total. The minimum absolute atomic E-state index is 0.116. The van der Waals surface area contributed by atoms with Gasteiger partial charge in [0.15, 0.2) is 5.58 Å². The molecule has 0 aliphatic carbocycles. The second-order valence-corrected chi connectivity index (χ2v) is 9.55. The first-order valence-electron chi connectivity index (χ1n) is 11.0. The summed E-state index contributed by atoms with van der Waals surface area (Å²) in [5, 5.41) is 2.78. The van der Waals surface area contributed by atoms with Crippen LogP contribution in [0.15, 0.2) is 86.9 Å². The lowest BCUT2D eigenvalue weighted by Gasteiger charge is -2.20. The molecule has 2 N–H and O–H groups in total. The fraction of sp³-hybridized carbons (Fsp3) is 0.200. The van der Waals surface area contributed by atoms with E-state index in [0.29, 0.717) is 23.6 Å². The second-order valence-electron chi connectivity index (χ2n) is 7.84. The van der Waals surface area contributed by atoms with Gasteiger partial charge in [0.25, 0.3) is 0 Å². The minimum atomic E-state index is -4.15. The summed E-state index contributed by atoms with van der Waals surface area (Å²) in [6.45, 7) is 2.24. The molecule has 4 rings (SSSR count). The smallest absolute Gasteiger partial charge is 0.419 e. The van der Waals surface area contributed by atoms with Crippen LogP contribution in [0.1, 0.15) is 12.5 Å². The van der Waals surface area contributed by atoms with Crippen LogP contribution in [0.25, 0.3) is 11.1 Å². The van der Waals surface area contributed by atoms with E-state index < -0.39 is 27.7 Å². The molecule has 10 heteroatoms. The normalized spacial score (nSPS) is 12.4. The van der Waals surface area contributed by atoms with Crippen molar-refractivity contribution < 1.29 is 22.4 Å². The maximum absolute atomic E-state index is 13.3. The zero-order valence-electron chi connectivity index (χ0n) is 19.2.